The van der Waals surface area contributed by atoms with E-state index in [0.717, 1.165) is 42.6 Å². The number of nitrogens with zero attached hydrogens (tertiary/aromatic N) is 6. The molecule has 0 radical (unpaired) electrons. The molecule has 9 heteroatoms. The van der Waals surface area contributed by atoms with Crippen LogP contribution >= 0.6 is 0 Å². The zero-order valence-electron chi connectivity index (χ0n) is 22.2. The van der Waals surface area contributed by atoms with Crippen LogP contribution in [0, 0.1) is 30.1 Å². The van der Waals surface area contributed by atoms with Crippen molar-refractivity contribution in [2.75, 3.05) is 11.9 Å². The van der Waals surface area contributed by atoms with Gasteiger partial charge in [0, 0.05) is 43.4 Å². The standard InChI is InChI=1S/C28H33FN6O2/c1-17-21(12-14-24(29)31-17)26(33-37-28(2,3)4)18-7-10-20(11-8-18)34(5)23-15-25(36)35(6)22-13-9-19(16-30)32-27(22)23/h9,12-15,18,20H,7-8,10-11H2,1-6H3/b33-26-/t18-,20+. The van der Waals surface area contributed by atoms with E-state index in [2.05, 4.69) is 26.1 Å². The molecule has 1 aliphatic carbocycles. The van der Waals surface area contributed by atoms with Crippen LogP contribution in [0.15, 0.2) is 40.3 Å². The van der Waals surface area contributed by atoms with Gasteiger partial charge < -0.3 is 14.3 Å². The smallest absolute Gasteiger partial charge is 0.252 e. The van der Waals surface area contributed by atoms with Crippen molar-refractivity contribution in [3.05, 3.63) is 63.6 Å². The number of hydrogen-bond donors (Lipinski definition) is 0. The first kappa shape index (κ1) is 26.3. The maximum absolute atomic E-state index is 13.7. The van der Waals surface area contributed by atoms with Crippen LogP contribution in [0.3, 0.4) is 0 Å². The Morgan fingerprint density at radius 3 is 2.51 bits per heavy atom. The second-order valence-electron chi connectivity index (χ2n) is 10.7. The van der Waals surface area contributed by atoms with Crippen LogP contribution in [0.1, 0.15) is 63.4 Å². The molecule has 3 heterocycles. The largest absolute Gasteiger partial charge is 0.390 e. The molecule has 1 aliphatic rings. The summed E-state index contributed by atoms with van der Waals surface area (Å²) >= 11 is 0. The van der Waals surface area contributed by atoms with Crippen molar-refractivity contribution in [3.63, 3.8) is 0 Å². The summed E-state index contributed by atoms with van der Waals surface area (Å²) in [6.45, 7) is 7.61. The summed E-state index contributed by atoms with van der Waals surface area (Å²) in [5.74, 6) is -0.390. The van der Waals surface area contributed by atoms with Crippen molar-refractivity contribution < 1.29 is 9.23 Å². The normalized spacial score (nSPS) is 18.5. The Morgan fingerprint density at radius 2 is 1.89 bits per heavy atom. The number of aryl methyl sites for hydroxylation is 2. The van der Waals surface area contributed by atoms with E-state index in [9.17, 15) is 14.4 Å². The van der Waals surface area contributed by atoms with Gasteiger partial charge in [-0.1, -0.05) is 5.16 Å². The summed E-state index contributed by atoms with van der Waals surface area (Å²) in [7, 11) is 3.69. The number of fused-ring (bicyclic) bond motifs is 1. The summed E-state index contributed by atoms with van der Waals surface area (Å²) < 4.78 is 15.3. The fourth-order valence-corrected chi connectivity index (χ4v) is 4.91. The number of nitriles is 1. The molecular formula is C28H33FN6O2. The molecule has 0 saturated heterocycles. The summed E-state index contributed by atoms with van der Waals surface area (Å²) in [6, 6.07) is 10.4. The lowest BCUT2D eigenvalue weighted by Gasteiger charge is -2.36. The maximum Gasteiger partial charge on any atom is 0.252 e. The van der Waals surface area contributed by atoms with Crippen LogP contribution in [-0.4, -0.2) is 38.9 Å². The van der Waals surface area contributed by atoms with E-state index >= 15 is 0 Å². The average Bonchev–Trinajstić information content (AvgIpc) is 2.86. The summed E-state index contributed by atoms with van der Waals surface area (Å²) in [6.07, 6.45) is 3.41. The lowest BCUT2D eigenvalue weighted by atomic mass is 9.80. The Hall–Kier alpha value is -3.80. The Morgan fingerprint density at radius 1 is 1.19 bits per heavy atom. The molecule has 3 aromatic rings. The minimum atomic E-state index is -0.517. The maximum atomic E-state index is 13.7. The zero-order valence-corrected chi connectivity index (χ0v) is 22.2. The fourth-order valence-electron chi connectivity index (χ4n) is 4.91. The van der Waals surface area contributed by atoms with E-state index in [0.29, 0.717) is 22.4 Å². The first-order valence-electron chi connectivity index (χ1n) is 12.5. The van der Waals surface area contributed by atoms with Gasteiger partial charge in [0.1, 0.15) is 22.9 Å². The van der Waals surface area contributed by atoms with E-state index < -0.39 is 11.5 Å². The van der Waals surface area contributed by atoms with E-state index in [1.54, 1.807) is 42.8 Å². The SMILES string of the molecule is Cc1nc(F)ccc1/C(=N\OC(C)(C)C)[C@H]1CC[C@@H](N(C)c2cc(=O)n(C)c3ccc(C#N)nc23)CC1. The van der Waals surface area contributed by atoms with E-state index in [1.165, 1.54) is 6.07 Å². The van der Waals surface area contributed by atoms with Gasteiger partial charge in [0.2, 0.25) is 5.95 Å². The highest BCUT2D eigenvalue weighted by atomic mass is 19.1. The lowest BCUT2D eigenvalue weighted by molar-refractivity contribution is -0.0000446. The molecule has 1 fully saturated rings. The molecule has 0 bridgehead atoms. The first-order valence-corrected chi connectivity index (χ1v) is 12.5. The second kappa shape index (κ2) is 10.3. The number of anilines is 1. The molecule has 0 spiro atoms. The van der Waals surface area contributed by atoms with E-state index in [4.69, 9.17) is 4.84 Å². The van der Waals surface area contributed by atoms with E-state index in [-0.39, 0.29) is 17.5 Å². The molecule has 0 aromatic carbocycles. The van der Waals surface area contributed by atoms with Gasteiger partial charge in [-0.2, -0.15) is 9.65 Å². The Kier molecular flexibility index (Phi) is 7.30. The highest BCUT2D eigenvalue weighted by molar-refractivity contribution is 6.02. The number of hydrogen-bond acceptors (Lipinski definition) is 7. The van der Waals surface area contributed by atoms with Crippen LogP contribution in [0.25, 0.3) is 11.0 Å². The van der Waals surface area contributed by atoms with Gasteiger partial charge in [0.05, 0.1) is 16.9 Å². The summed E-state index contributed by atoms with van der Waals surface area (Å²) in [4.78, 5) is 29.1. The van der Waals surface area contributed by atoms with Crippen LogP contribution in [0.5, 0.6) is 0 Å². The third-order valence-electron chi connectivity index (χ3n) is 6.94. The molecule has 0 N–H and O–H groups in total. The number of halogens is 1. The van der Waals surface area contributed by atoms with Crippen LogP contribution < -0.4 is 10.5 Å². The third kappa shape index (κ3) is 5.63. The molecule has 0 unspecified atom stereocenters. The van der Waals surface area contributed by atoms with Gasteiger partial charge in [0.15, 0.2) is 0 Å². The van der Waals surface area contributed by atoms with Crippen molar-refractivity contribution >= 4 is 22.4 Å². The van der Waals surface area contributed by atoms with Crippen molar-refractivity contribution in [3.8, 4) is 6.07 Å². The molecular weight excluding hydrogens is 471 g/mol. The molecule has 194 valence electrons. The molecule has 0 atom stereocenters. The van der Waals surface area contributed by atoms with Gasteiger partial charge in [-0.05, 0) is 77.6 Å². The third-order valence-corrected chi connectivity index (χ3v) is 6.94. The number of pyridine rings is 3. The van der Waals surface area contributed by atoms with Crippen molar-refractivity contribution in [1.29, 1.82) is 5.26 Å². The highest BCUT2D eigenvalue weighted by Gasteiger charge is 2.31. The van der Waals surface area contributed by atoms with Gasteiger partial charge in [-0.3, -0.25) is 4.79 Å². The topological polar surface area (TPSA) is 96.4 Å². The Bertz CT molecular complexity index is 1440. The summed E-state index contributed by atoms with van der Waals surface area (Å²) in [5.41, 5.74) is 3.96. The van der Waals surface area contributed by atoms with Gasteiger partial charge in [-0.25, -0.2) is 9.97 Å². The minimum Gasteiger partial charge on any atom is -0.390 e. The quantitative estimate of drug-likeness (QED) is 0.280. The molecule has 0 aliphatic heterocycles. The molecule has 4 rings (SSSR count). The fraction of sp³-hybridized carbons (Fsp3) is 0.464. The molecule has 1 saturated carbocycles. The van der Waals surface area contributed by atoms with E-state index in [1.807, 2.05) is 27.8 Å². The number of oxime groups is 1. The average molecular weight is 505 g/mol. The van der Waals surface area contributed by atoms with Crippen LogP contribution in [0.4, 0.5) is 10.1 Å². The zero-order chi connectivity index (χ0) is 26.9. The monoisotopic (exact) mass is 504 g/mol. The van der Waals surface area contributed by atoms with Gasteiger partial charge in [-0.15, -0.1) is 0 Å². The predicted octanol–water partition coefficient (Wildman–Crippen LogP) is 4.86. The summed E-state index contributed by atoms with van der Waals surface area (Å²) in [5, 5.41) is 13.9. The highest BCUT2D eigenvalue weighted by Crippen LogP contribution is 2.34. The van der Waals surface area contributed by atoms with Gasteiger partial charge in [0.25, 0.3) is 5.56 Å². The van der Waals surface area contributed by atoms with Crippen molar-refractivity contribution in [2.24, 2.45) is 18.1 Å². The molecule has 3 aromatic heterocycles. The number of rotatable bonds is 5. The molecule has 0 amide bonds. The Balaban J connectivity index is 1.61. The van der Waals surface area contributed by atoms with Crippen molar-refractivity contribution in [2.45, 2.75) is 65.0 Å². The molecule has 8 nitrogen and oxygen atoms in total. The van der Waals surface area contributed by atoms with Crippen molar-refractivity contribution in [1.82, 2.24) is 14.5 Å². The predicted molar refractivity (Wildman–Crippen MR) is 142 cm³/mol. The second-order valence-corrected chi connectivity index (χ2v) is 10.7. The first-order chi connectivity index (χ1) is 17.5. The molecule has 37 heavy (non-hydrogen) atoms. The van der Waals surface area contributed by atoms with Crippen LogP contribution in [0.2, 0.25) is 0 Å². The van der Waals surface area contributed by atoms with Crippen LogP contribution in [-0.2, 0) is 11.9 Å². The lowest BCUT2D eigenvalue weighted by Crippen LogP contribution is -2.38. The number of aromatic nitrogens is 3. The minimum absolute atomic E-state index is 0.123. The Labute approximate surface area is 216 Å². The van der Waals surface area contributed by atoms with Gasteiger partial charge >= 0.3 is 0 Å².